The first-order valence-corrected chi connectivity index (χ1v) is 5.85. The standard InChI is InChI=1S/C13H15N3/c1-3-10(8-14-5-1)13-7-12-11(9-16-13)4-2-6-15-12/h2,4,6-7,9-10,14H,1,3,5,8H2. The number of nitrogens with one attached hydrogen (secondary N) is 1. The van der Waals surface area contributed by atoms with Crippen molar-refractivity contribution in [2.75, 3.05) is 13.1 Å². The quantitative estimate of drug-likeness (QED) is 0.788. The van der Waals surface area contributed by atoms with Crippen LogP contribution in [0.5, 0.6) is 0 Å². The van der Waals surface area contributed by atoms with Crippen molar-refractivity contribution < 1.29 is 0 Å². The molecule has 1 unspecified atom stereocenters. The number of piperidine rings is 1. The van der Waals surface area contributed by atoms with Crippen LogP contribution in [0.3, 0.4) is 0 Å². The highest BCUT2D eigenvalue weighted by atomic mass is 14.9. The molecule has 16 heavy (non-hydrogen) atoms. The molecule has 0 aliphatic carbocycles. The zero-order valence-electron chi connectivity index (χ0n) is 9.19. The predicted molar refractivity (Wildman–Crippen MR) is 64.4 cm³/mol. The molecule has 2 aromatic rings. The van der Waals surface area contributed by atoms with E-state index in [9.17, 15) is 0 Å². The predicted octanol–water partition coefficient (Wildman–Crippen LogP) is 2.10. The van der Waals surface area contributed by atoms with Crippen LogP contribution in [0.25, 0.3) is 10.9 Å². The third-order valence-electron chi connectivity index (χ3n) is 3.22. The molecule has 0 aromatic carbocycles. The fourth-order valence-corrected chi connectivity index (χ4v) is 2.31. The molecular weight excluding hydrogens is 198 g/mol. The van der Waals surface area contributed by atoms with E-state index < -0.39 is 0 Å². The molecule has 1 aliphatic heterocycles. The Morgan fingerprint density at radius 3 is 3.19 bits per heavy atom. The zero-order chi connectivity index (χ0) is 10.8. The van der Waals surface area contributed by atoms with Crippen molar-refractivity contribution in [2.24, 2.45) is 0 Å². The van der Waals surface area contributed by atoms with E-state index in [1.54, 1.807) is 0 Å². The second-order valence-corrected chi connectivity index (χ2v) is 4.35. The van der Waals surface area contributed by atoms with Gasteiger partial charge in [-0.25, -0.2) is 0 Å². The summed E-state index contributed by atoms with van der Waals surface area (Å²) in [6.07, 6.45) is 6.25. The third kappa shape index (κ3) is 1.78. The lowest BCUT2D eigenvalue weighted by molar-refractivity contribution is 0.455. The van der Waals surface area contributed by atoms with Gasteiger partial charge in [-0.05, 0) is 37.6 Å². The first-order chi connectivity index (χ1) is 7.93. The molecule has 3 heterocycles. The number of aromatic nitrogens is 2. The summed E-state index contributed by atoms with van der Waals surface area (Å²) < 4.78 is 0. The van der Waals surface area contributed by atoms with Crippen LogP contribution in [-0.2, 0) is 0 Å². The number of pyridine rings is 2. The minimum atomic E-state index is 0.556. The maximum Gasteiger partial charge on any atom is 0.0735 e. The third-order valence-corrected chi connectivity index (χ3v) is 3.22. The highest BCUT2D eigenvalue weighted by molar-refractivity contribution is 5.77. The molecule has 0 bridgehead atoms. The minimum absolute atomic E-state index is 0.556. The van der Waals surface area contributed by atoms with Gasteiger partial charge in [-0.15, -0.1) is 0 Å². The normalized spacial score (nSPS) is 21.1. The number of rotatable bonds is 1. The molecular formula is C13H15N3. The van der Waals surface area contributed by atoms with Crippen molar-refractivity contribution in [2.45, 2.75) is 18.8 Å². The van der Waals surface area contributed by atoms with Crippen LogP contribution in [0.4, 0.5) is 0 Å². The topological polar surface area (TPSA) is 37.8 Å². The summed E-state index contributed by atoms with van der Waals surface area (Å²) in [5, 5.41) is 4.54. The van der Waals surface area contributed by atoms with Gasteiger partial charge in [0.25, 0.3) is 0 Å². The molecule has 0 spiro atoms. The minimum Gasteiger partial charge on any atom is -0.316 e. The van der Waals surface area contributed by atoms with Crippen LogP contribution in [0.2, 0.25) is 0 Å². The average molecular weight is 213 g/mol. The monoisotopic (exact) mass is 213 g/mol. The summed E-state index contributed by atoms with van der Waals surface area (Å²) in [5.74, 6) is 0.556. The lowest BCUT2D eigenvalue weighted by Crippen LogP contribution is -2.28. The molecule has 1 N–H and O–H groups in total. The Balaban J connectivity index is 1.97. The van der Waals surface area contributed by atoms with E-state index in [-0.39, 0.29) is 0 Å². The molecule has 3 nitrogen and oxygen atoms in total. The lowest BCUT2D eigenvalue weighted by Gasteiger charge is -2.22. The lowest BCUT2D eigenvalue weighted by atomic mass is 9.95. The van der Waals surface area contributed by atoms with E-state index in [4.69, 9.17) is 0 Å². The molecule has 1 aliphatic rings. The molecule has 3 heteroatoms. The van der Waals surface area contributed by atoms with E-state index in [0.29, 0.717) is 5.92 Å². The summed E-state index contributed by atoms with van der Waals surface area (Å²) in [7, 11) is 0. The van der Waals surface area contributed by atoms with Crippen molar-refractivity contribution in [3.63, 3.8) is 0 Å². The van der Waals surface area contributed by atoms with Crippen LogP contribution < -0.4 is 5.32 Å². The van der Waals surface area contributed by atoms with Gasteiger partial charge in [0.1, 0.15) is 0 Å². The van der Waals surface area contributed by atoms with Crippen molar-refractivity contribution in [3.05, 3.63) is 36.3 Å². The van der Waals surface area contributed by atoms with Gasteiger partial charge < -0.3 is 5.32 Å². The van der Waals surface area contributed by atoms with Crippen LogP contribution in [0.1, 0.15) is 24.5 Å². The number of nitrogens with zero attached hydrogens (tertiary/aromatic N) is 2. The number of fused-ring (bicyclic) bond motifs is 1. The Bertz CT molecular complexity index is 489. The Morgan fingerprint density at radius 1 is 1.31 bits per heavy atom. The summed E-state index contributed by atoms with van der Waals surface area (Å²) in [6, 6.07) is 6.14. The van der Waals surface area contributed by atoms with Crippen LogP contribution in [0, 0.1) is 0 Å². The molecule has 3 rings (SSSR count). The fourth-order valence-electron chi connectivity index (χ4n) is 2.31. The second kappa shape index (κ2) is 4.18. The SMILES string of the molecule is c1cnc2cc(C3CCCNC3)ncc2c1. The smallest absolute Gasteiger partial charge is 0.0735 e. The number of hydrogen-bond donors (Lipinski definition) is 1. The molecule has 2 aromatic heterocycles. The van der Waals surface area contributed by atoms with Crippen molar-refractivity contribution in [3.8, 4) is 0 Å². The Labute approximate surface area is 94.9 Å². The zero-order valence-corrected chi connectivity index (χ0v) is 9.19. The Hall–Kier alpha value is -1.48. The largest absolute Gasteiger partial charge is 0.316 e. The van der Waals surface area contributed by atoms with E-state index in [1.165, 1.54) is 18.5 Å². The molecule has 1 saturated heterocycles. The van der Waals surface area contributed by atoms with E-state index >= 15 is 0 Å². The number of hydrogen-bond acceptors (Lipinski definition) is 3. The summed E-state index contributed by atoms with van der Waals surface area (Å²) in [4.78, 5) is 8.93. The summed E-state index contributed by atoms with van der Waals surface area (Å²) in [5.41, 5.74) is 2.23. The van der Waals surface area contributed by atoms with Gasteiger partial charge in [-0.1, -0.05) is 0 Å². The first-order valence-electron chi connectivity index (χ1n) is 5.85. The maximum absolute atomic E-state index is 4.55. The molecule has 0 saturated carbocycles. The van der Waals surface area contributed by atoms with Crippen molar-refractivity contribution in [1.82, 2.24) is 15.3 Å². The highest BCUT2D eigenvalue weighted by Gasteiger charge is 2.16. The van der Waals surface area contributed by atoms with Gasteiger partial charge >= 0.3 is 0 Å². The maximum atomic E-state index is 4.55. The highest BCUT2D eigenvalue weighted by Crippen LogP contribution is 2.23. The molecule has 1 atom stereocenters. The van der Waals surface area contributed by atoms with Gasteiger partial charge in [-0.2, -0.15) is 0 Å². The summed E-state index contributed by atoms with van der Waals surface area (Å²) in [6.45, 7) is 2.19. The van der Waals surface area contributed by atoms with Crippen LogP contribution in [-0.4, -0.2) is 23.1 Å². The summed E-state index contributed by atoms with van der Waals surface area (Å²) >= 11 is 0. The van der Waals surface area contributed by atoms with Gasteiger partial charge in [0.2, 0.25) is 0 Å². The molecule has 1 fully saturated rings. The van der Waals surface area contributed by atoms with Crippen LogP contribution in [0.15, 0.2) is 30.6 Å². The van der Waals surface area contributed by atoms with E-state index in [1.807, 2.05) is 18.5 Å². The van der Waals surface area contributed by atoms with Gasteiger partial charge in [0.15, 0.2) is 0 Å². The van der Waals surface area contributed by atoms with Crippen molar-refractivity contribution in [1.29, 1.82) is 0 Å². The molecule has 0 amide bonds. The molecule has 0 radical (unpaired) electrons. The van der Waals surface area contributed by atoms with Crippen LogP contribution >= 0.6 is 0 Å². The van der Waals surface area contributed by atoms with E-state index in [0.717, 1.165) is 24.0 Å². The Morgan fingerprint density at radius 2 is 2.31 bits per heavy atom. The van der Waals surface area contributed by atoms with Crippen molar-refractivity contribution >= 4 is 10.9 Å². The van der Waals surface area contributed by atoms with Gasteiger partial charge in [0, 0.05) is 35.9 Å². The fraction of sp³-hybridized carbons (Fsp3) is 0.385. The average Bonchev–Trinajstić information content (AvgIpc) is 2.39. The first kappa shape index (κ1) is 9.73. The van der Waals surface area contributed by atoms with Gasteiger partial charge in [0.05, 0.1) is 5.52 Å². The Kier molecular flexibility index (Phi) is 2.54. The second-order valence-electron chi connectivity index (χ2n) is 4.35. The molecule has 82 valence electrons. The van der Waals surface area contributed by atoms with E-state index in [2.05, 4.69) is 27.4 Å². The van der Waals surface area contributed by atoms with Gasteiger partial charge in [-0.3, -0.25) is 9.97 Å².